The Morgan fingerprint density at radius 2 is 2.29 bits per heavy atom. The summed E-state index contributed by atoms with van der Waals surface area (Å²) in [5.74, 6) is -1.03. The number of rotatable bonds is 9. The Kier molecular flexibility index (Phi) is 7.24. The normalized spacial score (nSPS) is 11.9. The molecule has 0 aliphatic carbocycles. The van der Waals surface area contributed by atoms with E-state index in [1.165, 1.54) is 6.20 Å². The van der Waals surface area contributed by atoms with Crippen LogP contribution in [0.2, 0.25) is 0 Å². The first-order chi connectivity index (χ1) is 10.1. The van der Waals surface area contributed by atoms with Crippen LogP contribution in [0, 0.1) is 0 Å². The lowest BCUT2D eigenvalue weighted by atomic mass is 10.1. The molecule has 0 aromatic carbocycles. The standard InChI is InChI=1S/C13H22N4O4/c1-3-4-5-11(12(18)19)16-13(20)15-10-8-14-17(9-10)6-7-21-2/h8-9,11H,3-7H2,1-2H3,(H,18,19)(H2,15,16,20). The number of hydrogen-bond donors (Lipinski definition) is 3. The van der Waals surface area contributed by atoms with Crippen molar-refractivity contribution < 1.29 is 19.4 Å². The predicted molar refractivity (Wildman–Crippen MR) is 77.2 cm³/mol. The molecule has 0 aliphatic heterocycles. The highest BCUT2D eigenvalue weighted by molar-refractivity contribution is 5.91. The predicted octanol–water partition coefficient (Wildman–Crippen LogP) is 1.29. The topological polar surface area (TPSA) is 105 Å². The van der Waals surface area contributed by atoms with Crippen molar-refractivity contribution in [3.63, 3.8) is 0 Å². The van der Waals surface area contributed by atoms with Crippen molar-refractivity contribution >= 4 is 17.7 Å². The van der Waals surface area contributed by atoms with Gasteiger partial charge in [0.15, 0.2) is 0 Å². The summed E-state index contributed by atoms with van der Waals surface area (Å²) in [5, 5.41) is 18.1. The van der Waals surface area contributed by atoms with Crippen molar-refractivity contribution in [2.75, 3.05) is 19.0 Å². The molecular weight excluding hydrogens is 276 g/mol. The van der Waals surface area contributed by atoms with E-state index in [0.29, 0.717) is 25.3 Å². The minimum atomic E-state index is -1.03. The average molecular weight is 298 g/mol. The Balaban J connectivity index is 2.47. The van der Waals surface area contributed by atoms with Gasteiger partial charge in [-0.15, -0.1) is 0 Å². The molecule has 0 bridgehead atoms. The van der Waals surface area contributed by atoms with Crippen molar-refractivity contribution in [1.82, 2.24) is 15.1 Å². The zero-order chi connectivity index (χ0) is 15.7. The first kappa shape index (κ1) is 17.0. The molecular formula is C13H22N4O4. The summed E-state index contributed by atoms with van der Waals surface area (Å²) in [7, 11) is 1.60. The number of nitrogens with one attached hydrogen (secondary N) is 2. The van der Waals surface area contributed by atoms with E-state index >= 15 is 0 Å². The van der Waals surface area contributed by atoms with Crippen LogP contribution >= 0.6 is 0 Å². The van der Waals surface area contributed by atoms with Crippen LogP contribution in [0.1, 0.15) is 26.2 Å². The largest absolute Gasteiger partial charge is 0.480 e. The molecule has 0 saturated carbocycles. The third-order valence-corrected chi connectivity index (χ3v) is 2.87. The second-order valence-corrected chi connectivity index (χ2v) is 4.62. The van der Waals surface area contributed by atoms with Gasteiger partial charge in [0, 0.05) is 13.3 Å². The van der Waals surface area contributed by atoms with Crippen LogP contribution < -0.4 is 10.6 Å². The van der Waals surface area contributed by atoms with Gasteiger partial charge < -0.3 is 20.5 Å². The average Bonchev–Trinajstić information content (AvgIpc) is 2.88. The number of hydrogen-bond acceptors (Lipinski definition) is 4. The highest BCUT2D eigenvalue weighted by Crippen LogP contribution is 2.06. The Bertz CT molecular complexity index is 461. The molecule has 3 N–H and O–H groups in total. The van der Waals surface area contributed by atoms with Gasteiger partial charge in [-0.05, 0) is 6.42 Å². The molecule has 8 heteroatoms. The molecule has 0 fully saturated rings. The second-order valence-electron chi connectivity index (χ2n) is 4.62. The van der Waals surface area contributed by atoms with Crippen molar-refractivity contribution in [3.05, 3.63) is 12.4 Å². The first-order valence-electron chi connectivity index (χ1n) is 6.88. The van der Waals surface area contributed by atoms with Crippen LogP contribution in [0.4, 0.5) is 10.5 Å². The molecule has 0 saturated heterocycles. The molecule has 1 rings (SSSR count). The summed E-state index contributed by atoms with van der Waals surface area (Å²) in [6.45, 7) is 3.06. The maximum absolute atomic E-state index is 11.8. The van der Waals surface area contributed by atoms with Crippen molar-refractivity contribution in [1.29, 1.82) is 0 Å². The van der Waals surface area contributed by atoms with Gasteiger partial charge >= 0.3 is 12.0 Å². The summed E-state index contributed by atoms with van der Waals surface area (Å²) in [5.41, 5.74) is 0.503. The monoisotopic (exact) mass is 298 g/mol. The van der Waals surface area contributed by atoms with Gasteiger partial charge in [-0.3, -0.25) is 4.68 Å². The fourth-order valence-electron chi connectivity index (χ4n) is 1.73. The lowest BCUT2D eigenvalue weighted by Gasteiger charge is -2.14. The van der Waals surface area contributed by atoms with Crippen LogP contribution in [-0.4, -0.2) is 46.6 Å². The number of anilines is 1. The number of amides is 2. The van der Waals surface area contributed by atoms with Crippen LogP contribution in [0.3, 0.4) is 0 Å². The molecule has 8 nitrogen and oxygen atoms in total. The third kappa shape index (κ3) is 6.26. The van der Waals surface area contributed by atoms with E-state index in [9.17, 15) is 9.59 Å². The number of carboxylic acid groups (broad SMARTS) is 1. The van der Waals surface area contributed by atoms with Crippen LogP contribution in [0.15, 0.2) is 12.4 Å². The number of aliphatic carboxylic acids is 1. The number of carbonyl (C=O) groups excluding carboxylic acids is 1. The van der Waals surface area contributed by atoms with Crippen molar-refractivity contribution in [2.24, 2.45) is 0 Å². The van der Waals surface area contributed by atoms with E-state index in [4.69, 9.17) is 9.84 Å². The number of carbonyl (C=O) groups is 2. The van der Waals surface area contributed by atoms with Gasteiger partial charge in [0.2, 0.25) is 0 Å². The van der Waals surface area contributed by atoms with Crippen LogP contribution in [0.25, 0.3) is 0 Å². The number of urea groups is 1. The number of ether oxygens (including phenoxy) is 1. The van der Waals surface area contributed by atoms with Gasteiger partial charge in [0.1, 0.15) is 6.04 Å². The zero-order valence-electron chi connectivity index (χ0n) is 12.3. The van der Waals surface area contributed by atoms with Crippen molar-refractivity contribution in [3.8, 4) is 0 Å². The zero-order valence-corrected chi connectivity index (χ0v) is 12.3. The minimum Gasteiger partial charge on any atom is -0.480 e. The molecule has 1 aromatic heterocycles. The lowest BCUT2D eigenvalue weighted by Crippen LogP contribution is -2.42. The molecule has 1 aromatic rings. The lowest BCUT2D eigenvalue weighted by molar-refractivity contribution is -0.139. The Morgan fingerprint density at radius 3 is 2.90 bits per heavy atom. The van der Waals surface area contributed by atoms with E-state index < -0.39 is 18.0 Å². The maximum Gasteiger partial charge on any atom is 0.326 e. The summed E-state index contributed by atoms with van der Waals surface area (Å²) in [4.78, 5) is 22.8. The molecule has 0 radical (unpaired) electrons. The highest BCUT2D eigenvalue weighted by Gasteiger charge is 2.19. The molecule has 1 unspecified atom stereocenters. The Morgan fingerprint density at radius 1 is 1.52 bits per heavy atom. The molecule has 1 atom stereocenters. The van der Waals surface area contributed by atoms with Crippen LogP contribution in [-0.2, 0) is 16.1 Å². The fourth-order valence-corrected chi connectivity index (χ4v) is 1.73. The summed E-state index contributed by atoms with van der Waals surface area (Å²) >= 11 is 0. The fraction of sp³-hybridized carbons (Fsp3) is 0.615. The quantitative estimate of drug-likeness (QED) is 0.637. The molecule has 0 aliphatic rings. The van der Waals surface area contributed by atoms with E-state index in [1.807, 2.05) is 6.92 Å². The Hall–Kier alpha value is -2.09. The second kappa shape index (κ2) is 8.96. The number of unbranched alkanes of at least 4 members (excludes halogenated alkanes) is 1. The third-order valence-electron chi connectivity index (χ3n) is 2.87. The molecule has 21 heavy (non-hydrogen) atoms. The number of aromatic nitrogens is 2. The molecule has 0 spiro atoms. The van der Waals surface area contributed by atoms with Gasteiger partial charge in [0.05, 0.1) is 25.0 Å². The summed E-state index contributed by atoms with van der Waals surface area (Å²) in [6.07, 6.45) is 5.18. The van der Waals surface area contributed by atoms with E-state index in [2.05, 4.69) is 15.7 Å². The Labute approximate surface area is 123 Å². The number of nitrogens with zero attached hydrogens (tertiary/aromatic N) is 2. The molecule has 118 valence electrons. The summed E-state index contributed by atoms with van der Waals surface area (Å²) < 4.78 is 6.56. The van der Waals surface area contributed by atoms with E-state index in [-0.39, 0.29) is 0 Å². The SMILES string of the molecule is CCCCC(NC(=O)Nc1cnn(CCOC)c1)C(=O)O. The number of methoxy groups -OCH3 is 1. The smallest absolute Gasteiger partial charge is 0.326 e. The maximum atomic E-state index is 11.8. The number of carboxylic acids is 1. The van der Waals surface area contributed by atoms with E-state index in [1.54, 1.807) is 18.0 Å². The first-order valence-corrected chi connectivity index (χ1v) is 6.88. The van der Waals surface area contributed by atoms with Gasteiger partial charge in [-0.1, -0.05) is 19.8 Å². The summed E-state index contributed by atoms with van der Waals surface area (Å²) in [6, 6.07) is -1.43. The molecule has 1 heterocycles. The van der Waals surface area contributed by atoms with Gasteiger partial charge in [-0.2, -0.15) is 5.10 Å². The molecule has 2 amide bonds. The van der Waals surface area contributed by atoms with Gasteiger partial charge in [-0.25, -0.2) is 9.59 Å². The van der Waals surface area contributed by atoms with Crippen molar-refractivity contribution in [2.45, 2.75) is 38.8 Å². The van der Waals surface area contributed by atoms with Crippen LogP contribution in [0.5, 0.6) is 0 Å². The highest BCUT2D eigenvalue weighted by atomic mass is 16.5. The van der Waals surface area contributed by atoms with Gasteiger partial charge in [0.25, 0.3) is 0 Å². The minimum absolute atomic E-state index is 0.409. The van der Waals surface area contributed by atoms with E-state index in [0.717, 1.165) is 12.8 Å².